The molecule has 1 atom stereocenters. The van der Waals surface area contributed by atoms with Crippen molar-refractivity contribution in [1.29, 1.82) is 0 Å². The third-order valence-corrected chi connectivity index (χ3v) is 3.56. The van der Waals surface area contributed by atoms with Crippen molar-refractivity contribution in [2.45, 2.75) is 18.9 Å². The zero-order chi connectivity index (χ0) is 14.1. The highest BCUT2D eigenvalue weighted by Crippen LogP contribution is 2.28. The second-order valence-corrected chi connectivity index (χ2v) is 4.96. The first-order valence-electron chi connectivity index (χ1n) is 6.29. The van der Waals surface area contributed by atoms with Gasteiger partial charge in [0.2, 0.25) is 0 Å². The van der Waals surface area contributed by atoms with Crippen LogP contribution in [-0.4, -0.2) is 32.4 Å². The van der Waals surface area contributed by atoms with Crippen LogP contribution in [0.2, 0.25) is 0 Å². The number of aromatic carboxylic acids is 1. The van der Waals surface area contributed by atoms with E-state index in [2.05, 4.69) is 10.2 Å². The number of hydrogen-bond donors (Lipinski definition) is 2. The van der Waals surface area contributed by atoms with Crippen LogP contribution >= 0.6 is 12.2 Å². The summed E-state index contributed by atoms with van der Waals surface area (Å²) in [5.41, 5.74) is 1.02. The van der Waals surface area contributed by atoms with Crippen molar-refractivity contribution < 1.29 is 14.6 Å². The minimum absolute atomic E-state index is 0.0675. The second-order valence-electron chi connectivity index (χ2n) is 4.58. The van der Waals surface area contributed by atoms with Crippen molar-refractivity contribution in [2.75, 3.05) is 6.61 Å². The molecule has 1 fully saturated rings. The van der Waals surface area contributed by atoms with E-state index in [0.29, 0.717) is 4.77 Å². The minimum atomic E-state index is -0.952. The van der Waals surface area contributed by atoms with Crippen LogP contribution in [0.25, 0.3) is 5.69 Å². The molecule has 2 heterocycles. The molecule has 0 spiro atoms. The predicted molar refractivity (Wildman–Crippen MR) is 73.6 cm³/mol. The molecule has 1 saturated heterocycles. The molecule has 1 unspecified atom stereocenters. The SMILES string of the molecule is O=C(O)c1ccc(-n2c(C3CCCO3)n[nH]c2=S)cc1. The standard InChI is InChI=1S/C13H13N3O3S/c17-12(18)8-3-5-9(6-4-8)16-11(14-15-13(16)20)10-2-1-7-19-10/h3-6,10H,1-2,7H2,(H,15,20)(H,17,18). The molecule has 20 heavy (non-hydrogen) atoms. The molecule has 6 nitrogen and oxygen atoms in total. The number of carbonyl (C=O) groups is 1. The van der Waals surface area contributed by atoms with Gasteiger partial charge in [0.1, 0.15) is 6.10 Å². The summed E-state index contributed by atoms with van der Waals surface area (Å²) in [6.07, 6.45) is 1.84. The van der Waals surface area contributed by atoms with Crippen LogP contribution in [0, 0.1) is 4.77 Å². The Bertz CT molecular complexity index is 684. The van der Waals surface area contributed by atoms with Crippen LogP contribution in [-0.2, 0) is 4.74 Å². The molecule has 1 aliphatic heterocycles. The molecular formula is C13H13N3O3S. The molecule has 3 rings (SSSR count). The Morgan fingerprint density at radius 1 is 1.45 bits per heavy atom. The third kappa shape index (κ3) is 2.25. The van der Waals surface area contributed by atoms with Crippen molar-refractivity contribution in [1.82, 2.24) is 14.8 Å². The quantitative estimate of drug-likeness (QED) is 0.849. The van der Waals surface area contributed by atoms with Gasteiger partial charge in [0, 0.05) is 12.3 Å². The number of nitrogens with zero attached hydrogens (tertiary/aromatic N) is 2. The average Bonchev–Trinajstić information content (AvgIpc) is 3.07. The number of aromatic amines is 1. The van der Waals surface area contributed by atoms with Crippen LogP contribution in [0.3, 0.4) is 0 Å². The largest absolute Gasteiger partial charge is 0.478 e. The van der Waals surface area contributed by atoms with E-state index in [-0.39, 0.29) is 11.7 Å². The molecule has 0 amide bonds. The van der Waals surface area contributed by atoms with Gasteiger partial charge in [-0.3, -0.25) is 9.67 Å². The first-order chi connectivity index (χ1) is 9.66. The maximum Gasteiger partial charge on any atom is 0.335 e. The zero-order valence-electron chi connectivity index (χ0n) is 10.6. The summed E-state index contributed by atoms with van der Waals surface area (Å²) in [5.74, 6) is -0.220. The number of H-pyrrole nitrogens is 1. The van der Waals surface area contributed by atoms with Crippen molar-refractivity contribution in [3.63, 3.8) is 0 Å². The highest BCUT2D eigenvalue weighted by molar-refractivity contribution is 7.71. The van der Waals surface area contributed by atoms with Gasteiger partial charge < -0.3 is 9.84 Å². The number of carboxylic acids is 1. The average molecular weight is 291 g/mol. The molecular weight excluding hydrogens is 278 g/mol. The Kier molecular flexibility index (Phi) is 3.37. The lowest BCUT2D eigenvalue weighted by molar-refractivity contribution is 0.0697. The molecule has 7 heteroatoms. The van der Waals surface area contributed by atoms with E-state index in [4.69, 9.17) is 22.1 Å². The maximum atomic E-state index is 10.9. The molecule has 2 aromatic rings. The number of hydrogen-bond acceptors (Lipinski definition) is 4. The fourth-order valence-electron chi connectivity index (χ4n) is 2.31. The summed E-state index contributed by atoms with van der Waals surface area (Å²) in [6, 6.07) is 6.53. The number of carboxylic acid groups (broad SMARTS) is 1. The summed E-state index contributed by atoms with van der Waals surface area (Å²) in [5, 5.41) is 15.9. The highest BCUT2D eigenvalue weighted by atomic mass is 32.1. The van der Waals surface area contributed by atoms with Gasteiger partial charge in [0.15, 0.2) is 10.6 Å². The Balaban J connectivity index is 2.02. The lowest BCUT2D eigenvalue weighted by atomic mass is 10.2. The van der Waals surface area contributed by atoms with Crippen molar-refractivity contribution in [2.24, 2.45) is 0 Å². The Hall–Kier alpha value is -1.99. The first-order valence-corrected chi connectivity index (χ1v) is 6.70. The Morgan fingerprint density at radius 2 is 2.20 bits per heavy atom. The maximum absolute atomic E-state index is 10.9. The molecule has 1 aromatic heterocycles. The van der Waals surface area contributed by atoms with Crippen LogP contribution in [0.4, 0.5) is 0 Å². The first kappa shape index (κ1) is 13.0. The van der Waals surface area contributed by atoms with Gasteiger partial charge in [-0.1, -0.05) is 0 Å². The van der Waals surface area contributed by atoms with Crippen LogP contribution in [0.1, 0.15) is 35.1 Å². The summed E-state index contributed by atoms with van der Waals surface area (Å²) in [7, 11) is 0. The van der Waals surface area contributed by atoms with Gasteiger partial charge in [-0.15, -0.1) is 0 Å². The second kappa shape index (κ2) is 5.18. The van der Waals surface area contributed by atoms with E-state index >= 15 is 0 Å². The molecule has 104 valence electrons. The van der Waals surface area contributed by atoms with Crippen LogP contribution in [0.5, 0.6) is 0 Å². The third-order valence-electron chi connectivity index (χ3n) is 3.29. The van der Waals surface area contributed by atoms with Gasteiger partial charge in [-0.25, -0.2) is 4.79 Å². The zero-order valence-corrected chi connectivity index (χ0v) is 11.4. The lowest BCUT2D eigenvalue weighted by Gasteiger charge is -2.11. The molecule has 0 radical (unpaired) electrons. The summed E-state index contributed by atoms with van der Waals surface area (Å²) < 4.78 is 7.89. The Labute approximate surface area is 120 Å². The van der Waals surface area contributed by atoms with E-state index in [1.807, 2.05) is 0 Å². The highest BCUT2D eigenvalue weighted by Gasteiger charge is 2.24. The molecule has 0 saturated carbocycles. The molecule has 0 bridgehead atoms. The van der Waals surface area contributed by atoms with Gasteiger partial charge in [0.05, 0.1) is 5.56 Å². The normalized spacial score (nSPS) is 18.3. The van der Waals surface area contributed by atoms with Crippen LogP contribution < -0.4 is 0 Å². The molecule has 1 aromatic carbocycles. The monoisotopic (exact) mass is 291 g/mol. The van der Waals surface area contributed by atoms with Gasteiger partial charge in [-0.05, 0) is 49.3 Å². The van der Waals surface area contributed by atoms with Crippen molar-refractivity contribution in [3.05, 3.63) is 40.4 Å². The fourth-order valence-corrected chi connectivity index (χ4v) is 2.55. The molecule has 2 N–H and O–H groups in total. The van der Waals surface area contributed by atoms with Crippen molar-refractivity contribution in [3.8, 4) is 5.69 Å². The van der Waals surface area contributed by atoms with E-state index in [1.54, 1.807) is 28.8 Å². The number of aromatic nitrogens is 3. The number of rotatable bonds is 3. The van der Waals surface area contributed by atoms with Crippen molar-refractivity contribution >= 4 is 18.2 Å². The summed E-state index contributed by atoms with van der Waals surface area (Å²) in [6.45, 7) is 0.724. The Morgan fingerprint density at radius 3 is 2.80 bits per heavy atom. The van der Waals surface area contributed by atoms with Gasteiger partial charge in [-0.2, -0.15) is 5.10 Å². The number of nitrogens with one attached hydrogen (secondary N) is 1. The number of ether oxygens (including phenoxy) is 1. The fraction of sp³-hybridized carbons (Fsp3) is 0.308. The van der Waals surface area contributed by atoms with E-state index in [1.165, 1.54) is 0 Å². The van der Waals surface area contributed by atoms with Gasteiger partial charge in [0.25, 0.3) is 0 Å². The molecule has 0 aliphatic carbocycles. The predicted octanol–water partition coefficient (Wildman–Crippen LogP) is 2.48. The lowest BCUT2D eigenvalue weighted by Crippen LogP contribution is -2.07. The topological polar surface area (TPSA) is 80.1 Å². The minimum Gasteiger partial charge on any atom is -0.478 e. The summed E-state index contributed by atoms with van der Waals surface area (Å²) >= 11 is 5.25. The van der Waals surface area contributed by atoms with E-state index < -0.39 is 5.97 Å². The van der Waals surface area contributed by atoms with E-state index in [0.717, 1.165) is 31.0 Å². The smallest absolute Gasteiger partial charge is 0.335 e. The number of benzene rings is 1. The summed E-state index contributed by atoms with van der Waals surface area (Å²) in [4.78, 5) is 10.9. The van der Waals surface area contributed by atoms with Gasteiger partial charge >= 0.3 is 5.97 Å². The van der Waals surface area contributed by atoms with Crippen LogP contribution in [0.15, 0.2) is 24.3 Å². The molecule has 1 aliphatic rings. The van der Waals surface area contributed by atoms with E-state index in [9.17, 15) is 4.79 Å².